The van der Waals surface area contributed by atoms with Gasteiger partial charge in [-0.2, -0.15) is 5.26 Å². The number of piperazine rings is 1. The van der Waals surface area contributed by atoms with Gasteiger partial charge < -0.3 is 14.7 Å². The van der Waals surface area contributed by atoms with Crippen molar-refractivity contribution in [3.8, 4) is 6.07 Å². The number of rotatable bonds is 6. The lowest BCUT2D eigenvalue weighted by atomic mass is 10.1. The van der Waals surface area contributed by atoms with Gasteiger partial charge in [0.05, 0.1) is 12.1 Å². The second kappa shape index (κ2) is 10.5. The summed E-state index contributed by atoms with van der Waals surface area (Å²) in [4.78, 5) is 22.1. The first-order chi connectivity index (χ1) is 15.7. The second-order valence-electron chi connectivity index (χ2n) is 8.79. The first-order valence-electron chi connectivity index (χ1n) is 11.7. The average Bonchev–Trinajstić information content (AvgIpc) is 2.98. The number of benzene rings is 2. The van der Waals surface area contributed by atoms with E-state index in [0.717, 1.165) is 39.0 Å². The third kappa shape index (κ3) is 5.05. The van der Waals surface area contributed by atoms with E-state index >= 15 is 0 Å². The SMILES string of the molecule is CCCCN(CC#N)C(=O)N1Cc2ccccc2N2CCN(Cc3ccccc3)CC2C1. The molecule has 0 aliphatic carbocycles. The molecule has 0 saturated carbocycles. The number of urea groups is 1. The summed E-state index contributed by atoms with van der Waals surface area (Å²) in [5.74, 6) is 0. The van der Waals surface area contributed by atoms with E-state index in [0.29, 0.717) is 19.6 Å². The summed E-state index contributed by atoms with van der Waals surface area (Å²) >= 11 is 0. The minimum atomic E-state index is -0.0168. The van der Waals surface area contributed by atoms with Gasteiger partial charge >= 0.3 is 6.03 Å². The summed E-state index contributed by atoms with van der Waals surface area (Å²) in [7, 11) is 0. The Hall–Kier alpha value is -3.04. The summed E-state index contributed by atoms with van der Waals surface area (Å²) in [5.41, 5.74) is 3.75. The average molecular weight is 432 g/mol. The number of para-hydroxylation sites is 1. The van der Waals surface area contributed by atoms with Crippen LogP contribution in [0.3, 0.4) is 0 Å². The summed E-state index contributed by atoms with van der Waals surface area (Å²) in [6.45, 7) is 7.96. The molecule has 2 heterocycles. The van der Waals surface area contributed by atoms with Crippen LogP contribution in [0.15, 0.2) is 54.6 Å². The first kappa shape index (κ1) is 22.2. The maximum Gasteiger partial charge on any atom is 0.321 e. The van der Waals surface area contributed by atoms with Crippen molar-refractivity contribution in [1.82, 2.24) is 14.7 Å². The summed E-state index contributed by atoms with van der Waals surface area (Å²) in [6.07, 6.45) is 1.92. The maximum absolute atomic E-state index is 13.5. The van der Waals surface area contributed by atoms with Crippen LogP contribution < -0.4 is 4.90 Å². The Morgan fingerprint density at radius 2 is 1.88 bits per heavy atom. The van der Waals surface area contributed by atoms with Gasteiger partial charge in [-0.3, -0.25) is 4.90 Å². The molecule has 2 aromatic carbocycles. The van der Waals surface area contributed by atoms with Gasteiger partial charge in [0.1, 0.15) is 6.54 Å². The minimum Gasteiger partial charge on any atom is -0.364 e. The van der Waals surface area contributed by atoms with E-state index in [-0.39, 0.29) is 18.6 Å². The molecule has 1 fully saturated rings. The van der Waals surface area contributed by atoms with Crippen molar-refractivity contribution >= 4 is 11.7 Å². The van der Waals surface area contributed by atoms with Gasteiger partial charge in [-0.25, -0.2) is 4.79 Å². The molecular formula is C26H33N5O. The molecule has 6 heteroatoms. The van der Waals surface area contributed by atoms with Crippen molar-refractivity contribution in [2.75, 3.05) is 44.2 Å². The first-order valence-corrected chi connectivity index (χ1v) is 11.7. The Morgan fingerprint density at radius 3 is 2.66 bits per heavy atom. The number of unbranched alkanes of at least 4 members (excludes halogenated alkanes) is 1. The molecule has 2 aliphatic heterocycles. The fourth-order valence-corrected chi connectivity index (χ4v) is 4.85. The fraction of sp³-hybridized carbons (Fsp3) is 0.462. The number of carbonyl (C=O) groups is 1. The highest BCUT2D eigenvalue weighted by molar-refractivity contribution is 5.76. The predicted molar refractivity (Wildman–Crippen MR) is 127 cm³/mol. The number of fused-ring (bicyclic) bond motifs is 3. The molecule has 1 unspecified atom stereocenters. The lowest BCUT2D eigenvalue weighted by molar-refractivity contribution is 0.141. The number of hydrogen-bond donors (Lipinski definition) is 0. The molecule has 4 rings (SSSR count). The summed E-state index contributed by atoms with van der Waals surface area (Å²) in [5, 5.41) is 9.28. The topological polar surface area (TPSA) is 53.8 Å². The largest absolute Gasteiger partial charge is 0.364 e. The van der Waals surface area contributed by atoms with Crippen LogP contribution in [0.4, 0.5) is 10.5 Å². The lowest BCUT2D eigenvalue weighted by Gasteiger charge is -2.43. The predicted octanol–water partition coefficient (Wildman–Crippen LogP) is 3.94. The number of hydrogen-bond acceptors (Lipinski definition) is 4. The Kier molecular flexibility index (Phi) is 7.28. The van der Waals surface area contributed by atoms with Gasteiger partial charge in [-0.1, -0.05) is 61.9 Å². The van der Waals surface area contributed by atoms with Gasteiger partial charge in [0, 0.05) is 51.5 Å². The zero-order valence-corrected chi connectivity index (χ0v) is 19.0. The number of carbonyl (C=O) groups excluding carboxylic acids is 1. The molecule has 0 radical (unpaired) electrons. The highest BCUT2D eigenvalue weighted by atomic mass is 16.2. The third-order valence-corrected chi connectivity index (χ3v) is 6.49. The number of anilines is 1. The van der Waals surface area contributed by atoms with Crippen molar-refractivity contribution in [2.45, 2.75) is 38.9 Å². The van der Waals surface area contributed by atoms with Crippen molar-refractivity contribution in [2.24, 2.45) is 0 Å². The van der Waals surface area contributed by atoms with Crippen molar-refractivity contribution < 1.29 is 4.79 Å². The van der Waals surface area contributed by atoms with Crippen LogP contribution >= 0.6 is 0 Å². The Balaban J connectivity index is 1.55. The van der Waals surface area contributed by atoms with Gasteiger partial charge in [-0.05, 0) is 23.6 Å². The highest BCUT2D eigenvalue weighted by Gasteiger charge is 2.35. The lowest BCUT2D eigenvalue weighted by Crippen LogP contribution is -2.57. The van der Waals surface area contributed by atoms with Crippen LogP contribution in [0.1, 0.15) is 30.9 Å². The third-order valence-electron chi connectivity index (χ3n) is 6.49. The Morgan fingerprint density at radius 1 is 1.09 bits per heavy atom. The minimum absolute atomic E-state index is 0.0168. The van der Waals surface area contributed by atoms with Crippen LogP contribution in [-0.4, -0.2) is 66.0 Å². The number of nitrogens with zero attached hydrogens (tertiary/aromatic N) is 5. The van der Waals surface area contributed by atoms with E-state index in [1.54, 1.807) is 4.90 Å². The van der Waals surface area contributed by atoms with Crippen LogP contribution in [-0.2, 0) is 13.1 Å². The van der Waals surface area contributed by atoms with E-state index in [4.69, 9.17) is 0 Å². The molecule has 0 N–H and O–H groups in total. The van der Waals surface area contributed by atoms with Gasteiger partial charge in [0.15, 0.2) is 0 Å². The van der Waals surface area contributed by atoms with E-state index < -0.39 is 0 Å². The molecule has 0 spiro atoms. The quantitative estimate of drug-likeness (QED) is 0.650. The molecule has 1 saturated heterocycles. The molecular weight excluding hydrogens is 398 g/mol. The smallest absolute Gasteiger partial charge is 0.321 e. The molecule has 168 valence electrons. The second-order valence-corrected chi connectivity index (χ2v) is 8.79. The molecule has 2 aliphatic rings. The van der Waals surface area contributed by atoms with E-state index in [1.165, 1.54) is 16.8 Å². The van der Waals surface area contributed by atoms with Crippen LogP contribution in [0.2, 0.25) is 0 Å². The molecule has 32 heavy (non-hydrogen) atoms. The standard InChI is InChI=1S/C26H33N5O/c1-2-3-14-29(15-13-27)26(32)30-19-23-11-7-8-12-25(23)31-17-16-28(20-24(31)21-30)18-22-9-5-4-6-10-22/h4-12,24H,2-3,14-21H2,1H3. The van der Waals surface area contributed by atoms with Crippen LogP contribution in [0, 0.1) is 11.3 Å². The van der Waals surface area contributed by atoms with Crippen LogP contribution in [0.5, 0.6) is 0 Å². The molecule has 1 atom stereocenters. The van der Waals surface area contributed by atoms with Gasteiger partial charge in [-0.15, -0.1) is 0 Å². The van der Waals surface area contributed by atoms with Crippen molar-refractivity contribution in [1.29, 1.82) is 5.26 Å². The van der Waals surface area contributed by atoms with Crippen LogP contribution in [0.25, 0.3) is 0 Å². The zero-order chi connectivity index (χ0) is 22.3. The Labute approximate surface area is 191 Å². The molecule has 2 amide bonds. The zero-order valence-electron chi connectivity index (χ0n) is 19.0. The normalized spacial score (nSPS) is 18.3. The summed E-state index contributed by atoms with van der Waals surface area (Å²) < 4.78 is 0. The highest BCUT2D eigenvalue weighted by Crippen LogP contribution is 2.30. The number of nitriles is 1. The number of amides is 2. The molecule has 2 aromatic rings. The maximum atomic E-state index is 13.5. The van der Waals surface area contributed by atoms with E-state index in [9.17, 15) is 10.1 Å². The molecule has 0 bridgehead atoms. The van der Waals surface area contributed by atoms with Gasteiger partial charge in [0.2, 0.25) is 0 Å². The van der Waals surface area contributed by atoms with E-state index in [1.807, 2.05) is 4.90 Å². The van der Waals surface area contributed by atoms with E-state index in [2.05, 4.69) is 77.4 Å². The molecule has 6 nitrogen and oxygen atoms in total. The fourth-order valence-electron chi connectivity index (χ4n) is 4.85. The Bertz CT molecular complexity index is 941. The summed E-state index contributed by atoms with van der Waals surface area (Å²) in [6, 6.07) is 21.5. The van der Waals surface area contributed by atoms with Gasteiger partial charge in [0.25, 0.3) is 0 Å². The molecule has 0 aromatic heterocycles. The van der Waals surface area contributed by atoms with Crippen molar-refractivity contribution in [3.63, 3.8) is 0 Å². The van der Waals surface area contributed by atoms with Crippen molar-refractivity contribution in [3.05, 3.63) is 65.7 Å². The monoisotopic (exact) mass is 431 g/mol.